The Kier molecular flexibility index (Phi) is 6.06. The summed E-state index contributed by atoms with van der Waals surface area (Å²) in [5, 5.41) is 0.419. The van der Waals surface area contributed by atoms with E-state index < -0.39 is 10.0 Å². The van der Waals surface area contributed by atoms with Crippen LogP contribution in [0, 0.1) is 12.8 Å². The smallest absolute Gasteiger partial charge is 0.307 e. The fraction of sp³-hybridized carbons (Fsp3) is 0.562. The molecule has 128 valence electrons. The lowest BCUT2D eigenvalue weighted by atomic mass is 10.2. The van der Waals surface area contributed by atoms with E-state index in [1.165, 1.54) is 4.31 Å². The number of carbonyl (C=O) groups is 1. The summed E-state index contributed by atoms with van der Waals surface area (Å²) >= 11 is 6.05. The number of benzene rings is 1. The van der Waals surface area contributed by atoms with Crippen LogP contribution >= 0.6 is 11.6 Å². The highest BCUT2D eigenvalue weighted by atomic mass is 35.5. The maximum absolute atomic E-state index is 13.0. The molecule has 0 aromatic heterocycles. The monoisotopic (exact) mass is 359 g/mol. The van der Waals surface area contributed by atoms with Crippen molar-refractivity contribution in [3.63, 3.8) is 0 Å². The Labute approximate surface area is 142 Å². The molecule has 0 amide bonds. The van der Waals surface area contributed by atoms with Gasteiger partial charge in [-0.2, -0.15) is 4.31 Å². The Morgan fingerprint density at radius 2 is 2.09 bits per heavy atom. The highest BCUT2D eigenvalue weighted by molar-refractivity contribution is 7.89. The van der Waals surface area contributed by atoms with Crippen LogP contribution < -0.4 is 0 Å². The van der Waals surface area contributed by atoms with Gasteiger partial charge < -0.3 is 4.74 Å². The number of ether oxygens (including phenoxy) is 1. The Morgan fingerprint density at radius 1 is 1.39 bits per heavy atom. The molecule has 23 heavy (non-hydrogen) atoms. The zero-order chi connectivity index (χ0) is 17.0. The minimum Gasteiger partial charge on any atom is -0.466 e. The largest absolute Gasteiger partial charge is 0.466 e. The van der Waals surface area contributed by atoms with Crippen LogP contribution in [0.15, 0.2) is 23.1 Å². The van der Waals surface area contributed by atoms with Crippen molar-refractivity contribution in [1.82, 2.24) is 4.31 Å². The van der Waals surface area contributed by atoms with Gasteiger partial charge in [0.05, 0.1) is 17.9 Å². The molecule has 1 aliphatic carbocycles. The summed E-state index contributed by atoms with van der Waals surface area (Å²) in [4.78, 5) is 11.8. The summed E-state index contributed by atoms with van der Waals surface area (Å²) in [6.07, 6.45) is 2.11. The first kappa shape index (κ1) is 18.2. The highest BCUT2D eigenvalue weighted by Gasteiger charge is 2.33. The second-order valence-corrected chi connectivity index (χ2v) is 8.04. The van der Waals surface area contributed by atoms with Gasteiger partial charge in [0, 0.05) is 18.1 Å². The van der Waals surface area contributed by atoms with Gasteiger partial charge in [-0.25, -0.2) is 8.42 Å². The number of carbonyl (C=O) groups excluding carboxylic acids is 1. The lowest BCUT2D eigenvalue weighted by Gasteiger charge is -2.23. The van der Waals surface area contributed by atoms with Crippen LogP contribution in [-0.2, 0) is 19.6 Å². The van der Waals surface area contributed by atoms with Crippen molar-refractivity contribution < 1.29 is 17.9 Å². The van der Waals surface area contributed by atoms with Crippen LogP contribution in [0.2, 0.25) is 5.02 Å². The number of hydrogen-bond donors (Lipinski definition) is 0. The van der Waals surface area contributed by atoms with Gasteiger partial charge in [0.15, 0.2) is 0 Å². The maximum Gasteiger partial charge on any atom is 0.307 e. The topological polar surface area (TPSA) is 63.7 Å². The van der Waals surface area contributed by atoms with Gasteiger partial charge in [0.1, 0.15) is 0 Å². The van der Waals surface area contributed by atoms with E-state index in [0.717, 1.165) is 12.8 Å². The zero-order valence-corrected chi connectivity index (χ0v) is 15.0. The quantitative estimate of drug-likeness (QED) is 0.669. The van der Waals surface area contributed by atoms with Crippen molar-refractivity contribution in [3.05, 3.63) is 28.8 Å². The molecule has 1 saturated carbocycles. The molecular weight excluding hydrogens is 338 g/mol. The zero-order valence-electron chi connectivity index (χ0n) is 13.4. The molecule has 1 aromatic rings. The summed E-state index contributed by atoms with van der Waals surface area (Å²) in [5.41, 5.74) is 0.533. The highest BCUT2D eigenvalue weighted by Crippen LogP contribution is 2.33. The van der Waals surface area contributed by atoms with Crippen LogP contribution in [0.4, 0.5) is 0 Å². The summed E-state index contributed by atoms with van der Waals surface area (Å²) in [7, 11) is -3.68. The van der Waals surface area contributed by atoms with Crippen LogP contribution in [0.1, 0.15) is 31.7 Å². The Bertz CT molecular complexity index is 671. The lowest BCUT2D eigenvalue weighted by molar-refractivity contribution is -0.143. The molecule has 7 heteroatoms. The molecule has 0 unspecified atom stereocenters. The first-order valence-electron chi connectivity index (χ1n) is 7.77. The molecule has 0 saturated heterocycles. The van der Waals surface area contributed by atoms with Gasteiger partial charge in [-0.15, -0.1) is 0 Å². The minimum absolute atomic E-state index is 0.0550. The fourth-order valence-corrected chi connectivity index (χ4v) is 4.35. The summed E-state index contributed by atoms with van der Waals surface area (Å²) in [6.45, 7) is 4.28. The molecule has 0 bridgehead atoms. The van der Waals surface area contributed by atoms with Crippen molar-refractivity contribution in [3.8, 4) is 0 Å². The van der Waals surface area contributed by atoms with Gasteiger partial charge >= 0.3 is 5.97 Å². The fourth-order valence-electron chi connectivity index (χ4n) is 2.35. The van der Waals surface area contributed by atoms with E-state index in [-0.39, 0.29) is 23.8 Å². The van der Waals surface area contributed by atoms with Crippen LogP contribution in [0.3, 0.4) is 0 Å². The number of halogens is 1. The third kappa shape index (κ3) is 4.68. The lowest BCUT2D eigenvalue weighted by Crippen LogP contribution is -2.35. The molecule has 5 nitrogen and oxygen atoms in total. The molecule has 0 atom stereocenters. The molecule has 0 heterocycles. The predicted octanol–water partition coefficient (Wildman–Crippen LogP) is 3.00. The van der Waals surface area contributed by atoms with E-state index in [4.69, 9.17) is 16.3 Å². The van der Waals surface area contributed by atoms with E-state index in [0.29, 0.717) is 29.7 Å². The minimum atomic E-state index is -3.68. The molecule has 0 radical (unpaired) electrons. The molecule has 1 aliphatic rings. The van der Waals surface area contributed by atoms with Gasteiger partial charge in [0.25, 0.3) is 0 Å². The van der Waals surface area contributed by atoms with Crippen molar-refractivity contribution in [1.29, 1.82) is 0 Å². The number of nitrogens with zero attached hydrogens (tertiary/aromatic N) is 1. The van der Waals surface area contributed by atoms with Crippen LogP contribution in [0.25, 0.3) is 0 Å². The molecule has 2 rings (SSSR count). The van der Waals surface area contributed by atoms with Crippen molar-refractivity contribution >= 4 is 27.6 Å². The van der Waals surface area contributed by atoms with Crippen molar-refractivity contribution in [2.45, 2.75) is 38.0 Å². The van der Waals surface area contributed by atoms with E-state index in [9.17, 15) is 13.2 Å². The molecule has 0 N–H and O–H groups in total. The number of esters is 1. The third-order valence-corrected chi connectivity index (χ3v) is 6.28. The SMILES string of the molecule is CCOC(=O)CCN(CC1CC1)S(=O)(=O)c1cccc(Cl)c1C. The molecule has 0 aliphatic heterocycles. The van der Waals surface area contributed by atoms with Gasteiger partial charge in [-0.1, -0.05) is 17.7 Å². The van der Waals surface area contributed by atoms with E-state index in [2.05, 4.69) is 0 Å². The normalized spacial score (nSPS) is 15.0. The average Bonchev–Trinajstić information content (AvgIpc) is 3.30. The van der Waals surface area contributed by atoms with E-state index in [1.54, 1.807) is 32.0 Å². The summed E-state index contributed by atoms with van der Waals surface area (Å²) in [5.74, 6) is -0.00206. The Balaban J connectivity index is 2.22. The summed E-state index contributed by atoms with van der Waals surface area (Å²) in [6, 6.07) is 4.85. The Hall–Kier alpha value is -1.11. The van der Waals surface area contributed by atoms with Crippen molar-refractivity contribution in [2.75, 3.05) is 19.7 Å². The maximum atomic E-state index is 13.0. The molecule has 1 aromatic carbocycles. The molecule has 0 spiro atoms. The standard InChI is InChI=1S/C16H22ClNO4S/c1-3-22-16(19)9-10-18(11-13-7-8-13)23(20,21)15-6-4-5-14(17)12(15)2/h4-6,13H,3,7-11H2,1-2H3. The van der Waals surface area contributed by atoms with Gasteiger partial charge in [0.2, 0.25) is 10.0 Å². The first-order chi connectivity index (χ1) is 10.9. The van der Waals surface area contributed by atoms with Crippen LogP contribution in [0.5, 0.6) is 0 Å². The molecule has 1 fully saturated rings. The van der Waals surface area contributed by atoms with Crippen LogP contribution in [-0.4, -0.2) is 38.4 Å². The van der Waals surface area contributed by atoms with E-state index in [1.807, 2.05) is 0 Å². The van der Waals surface area contributed by atoms with Gasteiger partial charge in [-0.05, 0) is 50.3 Å². The Morgan fingerprint density at radius 3 is 2.70 bits per heavy atom. The second-order valence-electron chi connectivity index (χ2n) is 5.72. The van der Waals surface area contributed by atoms with E-state index >= 15 is 0 Å². The average molecular weight is 360 g/mol. The summed E-state index contributed by atoms with van der Waals surface area (Å²) < 4.78 is 32.2. The number of hydrogen-bond acceptors (Lipinski definition) is 4. The predicted molar refractivity (Wildman–Crippen MR) is 88.9 cm³/mol. The molecular formula is C16H22ClNO4S. The number of rotatable bonds is 8. The van der Waals surface area contributed by atoms with Crippen molar-refractivity contribution in [2.24, 2.45) is 5.92 Å². The number of sulfonamides is 1. The van der Waals surface area contributed by atoms with Gasteiger partial charge in [-0.3, -0.25) is 4.79 Å². The third-order valence-electron chi connectivity index (χ3n) is 3.87. The second kappa shape index (κ2) is 7.64. The first-order valence-corrected chi connectivity index (χ1v) is 9.59.